The summed E-state index contributed by atoms with van der Waals surface area (Å²) in [5, 5.41) is 3.60. The van der Waals surface area contributed by atoms with Gasteiger partial charge in [-0.2, -0.15) is 0 Å². The fraction of sp³-hybridized carbons (Fsp3) is 0.231. The van der Waals surface area contributed by atoms with Crippen LogP contribution in [0.1, 0.15) is 18.2 Å². The van der Waals surface area contributed by atoms with E-state index in [4.69, 9.17) is 11.6 Å². The van der Waals surface area contributed by atoms with Crippen molar-refractivity contribution in [1.29, 1.82) is 0 Å². The number of hydrogen-bond donors (Lipinski definition) is 1. The first-order valence-electron chi connectivity index (χ1n) is 5.54. The number of halogens is 1. The maximum atomic E-state index is 5.88. The number of aryl methyl sites for hydroxylation is 2. The van der Waals surface area contributed by atoms with Crippen molar-refractivity contribution >= 4 is 23.2 Å². The van der Waals surface area contributed by atoms with Crippen LogP contribution in [0.4, 0.5) is 11.6 Å². The van der Waals surface area contributed by atoms with Crippen LogP contribution >= 0.6 is 11.6 Å². The van der Waals surface area contributed by atoms with Gasteiger partial charge in [-0.1, -0.05) is 30.7 Å². The molecule has 0 bridgehead atoms. The third-order valence-corrected chi connectivity index (χ3v) is 2.61. The molecule has 0 saturated carbocycles. The molecule has 1 aromatic heterocycles. The van der Waals surface area contributed by atoms with Crippen molar-refractivity contribution in [3.8, 4) is 0 Å². The summed E-state index contributed by atoms with van der Waals surface area (Å²) in [6.07, 6.45) is 1.00. The number of nitrogens with zero attached hydrogens (tertiary/aromatic N) is 2. The molecule has 0 aliphatic carbocycles. The van der Waals surface area contributed by atoms with E-state index < -0.39 is 0 Å². The Balaban J connectivity index is 2.24. The second kappa shape index (κ2) is 5.15. The Morgan fingerprint density at radius 1 is 1.24 bits per heavy atom. The van der Waals surface area contributed by atoms with Crippen LogP contribution in [0.2, 0.25) is 5.15 Å². The van der Waals surface area contributed by atoms with E-state index in [2.05, 4.69) is 34.3 Å². The Morgan fingerprint density at radius 2 is 2.06 bits per heavy atom. The SMILES string of the molecule is CCc1cccc(Nc2nc(C)cc(Cl)n2)c1. The second-order valence-electron chi connectivity index (χ2n) is 3.83. The third kappa shape index (κ3) is 3.17. The lowest BCUT2D eigenvalue weighted by molar-refractivity contribution is 1.10. The molecule has 0 spiro atoms. The molecule has 0 fully saturated rings. The minimum atomic E-state index is 0.451. The smallest absolute Gasteiger partial charge is 0.228 e. The van der Waals surface area contributed by atoms with E-state index in [0.29, 0.717) is 11.1 Å². The van der Waals surface area contributed by atoms with E-state index in [-0.39, 0.29) is 0 Å². The van der Waals surface area contributed by atoms with Gasteiger partial charge in [0.2, 0.25) is 5.95 Å². The van der Waals surface area contributed by atoms with Crippen LogP contribution < -0.4 is 5.32 Å². The van der Waals surface area contributed by atoms with E-state index in [9.17, 15) is 0 Å². The van der Waals surface area contributed by atoms with Crippen molar-refractivity contribution in [2.45, 2.75) is 20.3 Å². The van der Waals surface area contributed by atoms with Gasteiger partial charge < -0.3 is 5.32 Å². The van der Waals surface area contributed by atoms with Gasteiger partial charge in [-0.05, 0) is 37.1 Å². The lowest BCUT2D eigenvalue weighted by Gasteiger charge is -2.07. The van der Waals surface area contributed by atoms with Gasteiger partial charge in [-0.25, -0.2) is 9.97 Å². The zero-order valence-electron chi connectivity index (χ0n) is 9.87. The van der Waals surface area contributed by atoms with E-state index in [1.54, 1.807) is 6.07 Å². The fourth-order valence-electron chi connectivity index (χ4n) is 1.58. The average molecular weight is 248 g/mol. The fourth-order valence-corrected chi connectivity index (χ4v) is 1.82. The van der Waals surface area contributed by atoms with Crippen LogP contribution in [0, 0.1) is 6.92 Å². The number of rotatable bonds is 3. The minimum Gasteiger partial charge on any atom is -0.324 e. The van der Waals surface area contributed by atoms with Crippen molar-refractivity contribution in [3.63, 3.8) is 0 Å². The van der Waals surface area contributed by atoms with Crippen molar-refractivity contribution in [2.75, 3.05) is 5.32 Å². The summed E-state index contributed by atoms with van der Waals surface area (Å²) in [6, 6.07) is 9.90. The molecular weight excluding hydrogens is 234 g/mol. The molecule has 0 aliphatic heterocycles. The Hall–Kier alpha value is -1.61. The number of anilines is 2. The highest BCUT2D eigenvalue weighted by atomic mass is 35.5. The number of nitrogens with one attached hydrogen (secondary N) is 1. The molecule has 88 valence electrons. The van der Waals surface area contributed by atoms with Crippen LogP contribution in [-0.2, 0) is 6.42 Å². The molecule has 1 N–H and O–H groups in total. The normalized spacial score (nSPS) is 10.3. The van der Waals surface area contributed by atoms with Crippen LogP contribution in [0.15, 0.2) is 30.3 Å². The Bertz CT molecular complexity index is 506. The molecule has 0 unspecified atom stereocenters. The summed E-state index contributed by atoms with van der Waals surface area (Å²) in [6.45, 7) is 4.01. The second-order valence-corrected chi connectivity index (χ2v) is 4.22. The molecule has 3 nitrogen and oxygen atoms in total. The zero-order valence-corrected chi connectivity index (χ0v) is 10.6. The summed E-state index contributed by atoms with van der Waals surface area (Å²) in [5.41, 5.74) is 3.10. The maximum Gasteiger partial charge on any atom is 0.228 e. The molecule has 4 heteroatoms. The van der Waals surface area contributed by atoms with Crippen molar-refractivity contribution in [2.24, 2.45) is 0 Å². The van der Waals surface area contributed by atoms with E-state index in [1.807, 2.05) is 19.1 Å². The molecule has 2 aromatic rings. The van der Waals surface area contributed by atoms with Gasteiger partial charge in [0, 0.05) is 11.4 Å². The van der Waals surface area contributed by atoms with Gasteiger partial charge in [0.25, 0.3) is 0 Å². The molecule has 2 rings (SSSR count). The average Bonchev–Trinajstić information content (AvgIpc) is 2.28. The van der Waals surface area contributed by atoms with Gasteiger partial charge >= 0.3 is 0 Å². The molecule has 0 aliphatic rings. The van der Waals surface area contributed by atoms with Gasteiger partial charge in [-0.3, -0.25) is 0 Å². The molecule has 0 radical (unpaired) electrons. The summed E-state index contributed by atoms with van der Waals surface area (Å²) < 4.78 is 0. The van der Waals surface area contributed by atoms with Crippen LogP contribution in [0.5, 0.6) is 0 Å². The molecule has 1 heterocycles. The number of benzene rings is 1. The van der Waals surface area contributed by atoms with E-state index >= 15 is 0 Å². The first kappa shape index (κ1) is 11.9. The highest BCUT2D eigenvalue weighted by molar-refractivity contribution is 6.29. The molecular formula is C13H14ClN3. The summed E-state index contributed by atoms with van der Waals surface area (Å²) in [5.74, 6) is 0.531. The predicted octanol–water partition coefficient (Wildman–Crippen LogP) is 3.74. The van der Waals surface area contributed by atoms with Gasteiger partial charge in [0.1, 0.15) is 5.15 Å². The van der Waals surface area contributed by atoms with Gasteiger partial charge in [0.05, 0.1) is 0 Å². The quantitative estimate of drug-likeness (QED) is 0.840. The lowest BCUT2D eigenvalue weighted by Crippen LogP contribution is -1.99. The molecule has 1 aromatic carbocycles. The summed E-state index contributed by atoms with van der Waals surface area (Å²) >= 11 is 5.88. The van der Waals surface area contributed by atoms with Crippen LogP contribution in [-0.4, -0.2) is 9.97 Å². The summed E-state index contributed by atoms with van der Waals surface area (Å²) in [7, 11) is 0. The largest absolute Gasteiger partial charge is 0.324 e. The monoisotopic (exact) mass is 247 g/mol. The number of hydrogen-bond acceptors (Lipinski definition) is 3. The molecule has 0 saturated heterocycles. The topological polar surface area (TPSA) is 37.8 Å². The van der Waals surface area contributed by atoms with Crippen LogP contribution in [0.25, 0.3) is 0 Å². The first-order valence-corrected chi connectivity index (χ1v) is 5.92. The van der Waals surface area contributed by atoms with Crippen molar-refractivity contribution in [3.05, 3.63) is 46.7 Å². The highest BCUT2D eigenvalue weighted by Crippen LogP contribution is 2.17. The molecule has 0 atom stereocenters. The van der Waals surface area contributed by atoms with E-state index in [1.165, 1.54) is 5.56 Å². The molecule has 17 heavy (non-hydrogen) atoms. The van der Waals surface area contributed by atoms with Gasteiger partial charge in [0.15, 0.2) is 0 Å². The lowest BCUT2D eigenvalue weighted by atomic mass is 10.1. The first-order chi connectivity index (χ1) is 8.17. The maximum absolute atomic E-state index is 5.88. The van der Waals surface area contributed by atoms with E-state index in [0.717, 1.165) is 17.8 Å². The van der Waals surface area contributed by atoms with Crippen molar-refractivity contribution < 1.29 is 0 Å². The summed E-state index contributed by atoms with van der Waals surface area (Å²) in [4.78, 5) is 8.41. The Kier molecular flexibility index (Phi) is 3.59. The standard InChI is InChI=1S/C13H14ClN3/c1-3-10-5-4-6-11(8-10)16-13-15-9(2)7-12(14)17-13/h4-8H,3H2,1-2H3,(H,15,16,17). The third-order valence-electron chi connectivity index (χ3n) is 2.41. The highest BCUT2D eigenvalue weighted by Gasteiger charge is 2.01. The van der Waals surface area contributed by atoms with Gasteiger partial charge in [-0.15, -0.1) is 0 Å². The van der Waals surface area contributed by atoms with Crippen LogP contribution in [0.3, 0.4) is 0 Å². The Labute approximate surface area is 106 Å². The molecule has 0 amide bonds. The zero-order chi connectivity index (χ0) is 12.3. The minimum absolute atomic E-state index is 0.451. The van der Waals surface area contributed by atoms with Crippen molar-refractivity contribution in [1.82, 2.24) is 9.97 Å². The number of aromatic nitrogens is 2. The Morgan fingerprint density at radius 3 is 2.76 bits per heavy atom. The predicted molar refractivity (Wildman–Crippen MR) is 70.9 cm³/mol.